The molecule has 0 spiro atoms. The number of ether oxygens (including phenoxy) is 2. The number of benzene rings is 1. The van der Waals surface area contributed by atoms with Crippen LogP contribution in [0.2, 0.25) is 0 Å². The van der Waals surface area contributed by atoms with Crippen molar-refractivity contribution in [2.75, 3.05) is 7.11 Å². The van der Waals surface area contributed by atoms with Crippen molar-refractivity contribution in [2.24, 2.45) is 0 Å². The van der Waals surface area contributed by atoms with Gasteiger partial charge >= 0.3 is 0 Å². The van der Waals surface area contributed by atoms with E-state index in [0.29, 0.717) is 28.8 Å². The Morgan fingerprint density at radius 1 is 1.26 bits per heavy atom. The molecule has 0 radical (unpaired) electrons. The summed E-state index contributed by atoms with van der Waals surface area (Å²) >= 11 is 5.69. The van der Waals surface area contributed by atoms with Crippen molar-refractivity contribution in [3.63, 3.8) is 0 Å². The van der Waals surface area contributed by atoms with Gasteiger partial charge in [-0.25, -0.2) is 4.98 Å². The first-order chi connectivity index (χ1) is 9.25. The molecule has 0 aliphatic rings. The van der Waals surface area contributed by atoms with Gasteiger partial charge in [-0.2, -0.15) is 5.26 Å². The third-order valence-electron chi connectivity index (χ3n) is 2.42. The summed E-state index contributed by atoms with van der Waals surface area (Å²) in [6.07, 6.45) is 1.65. The molecule has 0 saturated heterocycles. The maximum absolute atomic E-state index is 8.92. The van der Waals surface area contributed by atoms with Gasteiger partial charge in [0.2, 0.25) is 5.88 Å². The molecular formula is C14H11ClN2O2. The van der Waals surface area contributed by atoms with Gasteiger partial charge < -0.3 is 9.47 Å². The number of hydrogen-bond acceptors (Lipinski definition) is 4. The predicted molar refractivity (Wildman–Crippen MR) is 71.6 cm³/mol. The number of aromatic nitrogens is 1. The summed E-state index contributed by atoms with van der Waals surface area (Å²) in [5.41, 5.74) is 1.38. The smallest absolute Gasteiger partial charge is 0.219 e. The van der Waals surface area contributed by atoms with Crippen LogP contribution >= 0.6 is 11.6 Å². The maximum Gasteiger partial charge on any atom is 0.219 e. The zero-order valence-electron chi connectivity index (χ0n) is 10.3. The van der Waals surface area contributed by atoms with E-state index in [1.807, 2.05) is 12.1 Å². The fourth-order valence-electron chi connectivity index (χ4n) is 1.48. The summed E-state index contributed by atoms with van der Waals surface area (Å²) in [6.45, 7) is 0. The molecule has 0 N–H and O–H groups in total. The number of pyridine rings is 1. The van der Waals surface area contributed by atoms with Gasteiger partial charge in [0, 0.05) is 24.2 Å². The monoisotopic (exact) mass is 274 g/mol. The molecule has 1 aromatic carbocycles. The predicted octanol–water partition coefficient (Wildman–Crippen LogP) is 3.49. The zero-order chi connectivity index (χ0) is 13.7. The van der Waals surface area contributed by atoms with Crippen LogP contribution in [-0.2, 0) is 5.88 Å². The maximum atomic E-state index is 8.92. The van der Waals surface area contributed by atoms with Crippen molar-refractivity contribution in [1.82, 2.24) is 4.98 Å². The van der Waals surface area contributed by atoms with Crippen LogP contribution in [-0.4, -0.2) is 12.1 Å². The third kappa shape index (κ3) is 3.36. The molecule has 1 heterocycles. The molecule has 0 atom stereocenters. The van der Waals surface area contributed by atoms with Gasteiger partial charge in [0.1, 0.15) is 11.5 Å². The van der Waals surface area contributed by atoms with Crippen LogP contribution in [0.5, 0.6) is 17.4 Å². The van der Waals surface area contributed by atoms with Crippen molar-refractivity contribution >= 4 is 11.6 Å². The van der Waals surface area contributed by atoms with Crippen molar-refractivity contribution in [3.05, 3.63) is 47.7 Å². The van der Waals surface area contributed by atoms with Crippen LogP contribution in [0.15, 0.2) is 36.5 Å². The Morgan fingerprint density at radius 3 is 2.63 bits per heavy atom. The first-order valence-electron chi connectivity index (χ1n) is 5.53. The van der Waals surface area contributed by atoms with E-state index in [1.165, 1.54) is 7.11 Å². The summed E-state index contributed by atoms with van der Waals surface area (Å²) in [6, 6.07) is 10.6. The molecule has 0 saturated carbocycles. The van der Waals surface area contributed by atoms with Gasteiger partial charge in [-0.05, 0) is 17.7 Å². The van der Waals surface area contributed by atoms with Crippen LogP contribution in [0, 0.1) is 11.3 Å². The molecular weight excluding hydrogens is 264 g/mol. The van der Waals surface area contributed by atoms with Gasteiger partial charge in [-0.3, -0.25) is 0 Å². The molecule has 0 fully saturated rings. The molecule has 2 rings (SSSR count). The van der Waals surface area contributed by atoms with Gasteiger partial charge in [-0.15, -0.1) is 11.6 Å². The first kappa shape index (κ1) is 13.2. The number of methoxy groups -OCH3 is 1. The van der Waals surface area contributed by atoms with Crippen molar-refractivity contribution < 1.29 is 9.47 Å². The molecule has 0 amide bonds. The van der Waals surface area contributed by atoms with E-state index in [0.717, 1.165) is 5.56 Å². The largest absolute Gasteiger partial charge is 0.497 e. The summed E-state index contributed by atoms with van der Waals surface area (Å²) in [7, 11) is 1.54. The molecule has 4 nitrogen and oxygen atoms in total. The second kappa shape index (κ2) is 6.07. The standard InChI is InChI=1S/C14H11ClN2O2/c1-18-12-4-11(8-16)5-13(6-12)19-14-3-2-10(7-15)9-17-14/h2-6,9H,7H2,1H3. The number of nitriles is 1. The molecule has 0 unspecified atom stereocenters. The minimum atomic E-state index is 0.408. The Hall–Kier alpha value is -2.25. The van der Waals surface area contributed by atoms with Crippen molar-refractivity contribution in [2.45, 2.75) is 5.88 Å². The Bertz CT molecular complexity index is 606. The molecule has 2 aromatic rings. The molecule has 96 valence electrons. The van der Waals surface area contributed by atoms with Crippen LogP contribution in [0.3, 0.4) is 0 Å². The van der Waals surface area contributed by atoms with Gasteiger partial charge in [0.25, 0.3) is 0 Å². The van der Waals surface area contributed by atoms with Crippen molar-refractivity contribution in [3.8, 4) is 23.4 Å². The highest BCUT2D eigenvalue weighted by molar-refractivity contribution is 6.17. The van der Waals surface area contributed by atoms with Crippen LogP contribution < -0.4 is 9.47 Å². The molecule has 0 aliphatic heterocycles. The fraction of sp³-hybridized carbons (Fsp3) is 0.143. The number of halogens is 1. The highest BCUT2D eigenvalue weighted by Gasteiger charge is 2.04. The van der Waals surface area contributed by atoms with Gasteiger partial charge in [0.05, 0.1) is 18.7 Å². The lowest BCUT2D eigenvalue weighted by molar-refractivity contribution is 0.407. The van der Waals surface area contributed by atoms with E-state index >= 15 is 0 Å². The zero-order valence-corrected chi connectivity index (χ0v) is 11.0. The van der Waals surface area contributed by atoms with Crippen LogP contribution in [0.25, 0.3) is 0 Å². The SMILES string of the molecule is COc1cc(C#N)cc(Oc2ccc(CCl)cn2)c1. The summed E-state index contributed by atoms with van der Waals surface area (Å²) < 4.78 is 10.7. The Labute approximate surface area is 116 Å². The number of rotatable bonds is 4. The molecule has 1 aromatic heterocycles. The molecule has 0 aliphatic carbocycles. The highest BCUT2D eigenvalue weighted by atomic mass is 35.5. The van der Waals surface area contributed by atoms with Crippen LogP contribution in [0.1, 0.15) is 11.1 Å². The first-order valence-corrected chi connectivity index (χ1v) is 6.06. The van der Waals surface area contributed by atoms with E-state index in [9.17, 15) is 0 Å². The number of nitrogens with zero attached hydrogens (tertiary/aromatic N) is 2. The number of alkyl halides is 1. The Kier molecular flexibility index (Phi) is 4.22. The summed E-state index contributed by atoms with van der Waals surface area (Å²) in [5, 5.41) is 8.92. The van der Waals surface area contributed by atoms with E-state index < -0.39 is 0 Å². The lowest BCUT2D eigenvalue weighted by atomic mass is 10.2. The molecule has 19 heavy (non-hydrogen) atoms. The van der Waals surface area contributed by atoms with E-state index in [1.54, 1.807) is 30.5 Å². The number of hydrogen-bond donors (Lipinski definition) is 0. The Morgan fingerprint density at radius 2 is 2.05 bits per heavy atom. The van der Waals surface area contributed by atoms with Crippen LogP contribution in [0.4, 0.5) is 0 Å². The normalized spacial score (nSPS) is 9.74. The average molecular weight is 275 g/mol. The lowest BCUT2D eigenvalue weighted by Crippen LogP contribution is -1.91. The second-order valence-corrected chi connectivity index (χ2v) is 4.02. The lowest BCUT2D eigenvalue weighted by Gasteiger charge is -2.07. The Balaban J connectivity index is 2.24. The average Bonchev–Trinajstić information content (AvgIpc) is 2.47. The van der Waals surface area contributed by atoms with E-state index in [-0.39, 0.29) is 0 Å². The van der Waals surface area contributed by atoms with Gasteiger partial charge in [0.15, 0.2) is 0 Å². The topological polar surface area (TPSA) is 55.1 Å². The van der Waals surface area contributed by atoms with E-state index in [4.69, 9.17) is 26.3 Å². The molecule has 5 heteroatoms. The van der Waals surface area contributed by atoms with Crippen molar-refractivity contribution in [1.29, 1.82) is 5.26 Å². The van der Waals surface area contributed by atoms with E-state index in [2.05, 4.69) is 4.98 Å². The molecule has 0 bridgehead atoms. The highest BCUT2D eigenvalue weighted by Crippen LogP contribution is 2.26. The minimum Gasteiger partial charge on any atom is -0.497 e. The minimum absolute atomic E-state index is 0.408. The quantitative estimate of drug-likeness (QED) is 0.801. The van der Waals surface area contributed by atoms with Gasteiger partial charge in [-0.1, -0.05) is 6.07 Å². The summed E-state index contributed by atoms with van der Waals surface area (Å²) in [5.74, 6) is 1.91. The summed E-state index contributed by atoms with van der Waals surface area (Å²) in [4.78, 5) is 4.13. The third-order valence-corrected chi connectivity index (χ3v) is 2.73. The fourth-order valence-corrected chi connectivity index (χ4v) is 1.64. The second-order valence-electron chi connectivity index (χ2n) is 3.75.